The van der Waals surface area contributed by atoms with Crippen LogP contribution < -0.4 is 19.7 Å². The number of ether oxygens (including phenoxy) is 3. The molecule has 4 aromatic carbocycles. The second-order valence-corrected chi connectivity index (χ2v) is 17.6. The van der Waals surface area contributed by atoms with Crippen molar-refractivity contribution < 1.29 is 32.3 Å². The standard InChI is InChI=1S/C47H47N7O8S/c1-52-21-17-32(18-22-52)39-5-2-3-6-40(39)43-7-4-20-53(43)35-11-8-31(9-12-35)33-10-14-41(45(26-33)62-36-25-34-16-19-48-46(34)50-28-36)47(55)51-63(58,59)38-13-15-42(44(27-38)54(56)57)49-29-37-30-60-23-24-61-37/h2-3,5-6,8-17,19,25-28,37,43,49H,4,7,18,20-24,29-30H2,1H3,(H,48,50)(H,51,55)/t37-,43-/m1/s1. The zero-order chi connectivity index (χ0) is 43.5. The van der Waals surface area contributed by atoms with Crippen LogP contribution >= 0.6 is 0 Å². The number of rotatable bonds is 13. The highest BCUT2D eigenvalue weighted by atomic mass is 32.2. The number of sulfonamides is 1. The lowest BCUT2D eigenvalue weighted by Gasteiger charge is -2.30. The van der Waals surface area contributed by atoms with Crippen LogP contribution in [0, 0.1) is 10.1 Å². The van der Waals surface area contributed by atoms with Gasteiger partial charge in [0.1, 0.15) is 22.8 Å². The molecule has 0 spiro atoms. The number of hydrogen-bond donors (Lipinski definition) is 3. The van der Waals surface area contributed by atoms with Gasteiger partial charge in [-0.3, -0.25) is 14.9 Å². The largest absolute Gasteiger partial charge is 0.455 e. The van der Waals surface area contributed by atoms with Crippen molar-refractivity contribution in [3.8, 4) is 22.6 Å². The molecule has 3 N–H and O–H groups in total. The smallest absolute Gasteiger partial charge is 0.293 e. The van der Waals surface area contributed by atoms with Gasteiger partial charge in [0, 0.05) is 49.5 Å². The first-order chi connectivity index (χ1) is 30.6. The summed E-state index contributed by atoms with van der Waals surface area (Å²) in [5.41, 5.74) is 6.97. The lowest BCUT2D eigenvalue weighted by molar-refractivity contribution is -0.384. The van der Waals surface area contributed by atoms with Crippen LogP contribution in [0.3, 0.4) is 0 Å². The predicted molar refractivity (Wildman–Crippen MR) is 241 cm³/mol. The molecule has 2 atom stereocenters. The van der Waals surface area contributed by atoms with Gasteiger partial charge in [0.15, 0.2) is 0 Å². The third-order valence-electron chi connectivity index (χ3n) is 11.8. The van der Waals surface area contributed by atoms with Crippen molar-refractivity contribution in [1.82, 2.24) is 19.6 Å². The highest BCUT2D eigenvalue weighted by Crippen LogP contribution is 2.41. The van der Waals surface area contributed by atoms with Gasteiger partial charge >= 0.3 is 0 Å². The molecule has 5 heterocycles. The number of amides is 1. The predicted octanol–water partition coefficient (Wildman–Crippen LogP) is 7.94. The van der Waals surface area contributed by atoms with E-state index in [0.717, 1.165) is 67.2 Å². The molecule has 2 saturated heterocycles. The van der Waals surface area contributed by atoms with Crippen molar-refractivity contribution in [1.29, 1.82) is 0 Å². The van der Waals surface area contributed by atoms with Crippen LogP contribution in [0.5, 0.6) is 11.5 Å². The quantitative estimate of drug-likeness (QED) is 0.0755. The van der Waals surface area contributed by atoms with Gasteiger partial charge in [-0.05, 0) is 103 Å². The van der Waals surface area contributed by atoms with E-state index in [1.807, 2.05) is 18.2 Å². The lowest BCUT2D eigenvalue weighted by atomic mass is 9.90. The van der Waals surface area contributed by atoms with E-state index in [4.69, 9.17) is 14.2 Å². The maximum atomic E-state index is 13.9. The first kappa shape index (κ1) is 41.7. The molecule has 0 aliphatic carbocycles. The number of nitro groups is 1. The fraction of sp³-hybridized carbons (Fsp3) is 0.277. The highest BCUT2D eigenvalue weighted by molar-refractivity contribution is 7.90. The maximum absolute atomic E-state index is 13.9. The van der Waals surface area contributed by atoms with Crippen LogP contribution in [0.25, 0.3) is 27.7 Å². The fourth-order valence-electron chi connectivity index (χ4n) is 8.51. The van der Waals surface area contributed by atoms with Crippen molar-refractivity contribution in [3.63, 3.8) is 0 Å². The summed E-state index contributed by atoms with van der Waals surface area (Å²) in [4.78, 5) is 37.1. The van der Waals surface area contributed by atoms with E-state index in [0.29, 0.717) is 31.2 Å². The first-order valence-electron chi connectivity index (χ1n) is 21.0. The molecule has 2 fully saturated rings. The van der Waals surface area contributed by atoms with E-state index in [-0.39, 0.29) is 35.7 Å². The summed E-state index contributed by atoms with van der Waals surface area (Å²) >= 11 is 0. The zero-order valence-corrected chi connectivity index (χ0v) is 35.5. The molecule has 63 heavy (non-hydrogen) atoms. The molecule has 3 aliphatic heterocycles. The zero-order valence-electron chi connectivity index (χ0n) is 34.7. The maximum Gasteiger partial charge on any atom is 0.293 e. The van der Waals surface area contributed by atoms with Gasteiger partial charge in [-0.15, -0.1) is 0 Å². The van der Waals surface area contributed by atoms with Gasteiger partial charge in [-0.25, -0.2) is 18.1 Å². The molecule has 0 radical (unpaired) electrons. The molecule has 15 nitrogen and oxygen atoms in total. The third-order valence-corrected chi connectivity index (χ3v) is 13.1. The molecule has 0 bridgehead atoms. The molecular formula is C47H47N7O8S. The molecule has 9 rings (SSSR count). The van der Waals surface area contributed by atoms with E-state index < -0.39 is 31.4 Å². The molecule has 16 heteroatoms. The number of carbonyl (C=O) groups is 1. The van der Waals surface area contributed by atoms with Crippen molar-refractivity contribution in [2.75, 3.05) is 63.3 Å². The van der Waals surface area contributed by atoms with E-state index >= 15 is 0 Å². The summed E-state index contributed by atoms with van der Waals surface area (Å²) in [5.74, 6) is -0.579. The van der Waals surface area contributed by atoms with Gasteiger partial charge in [0.05, 0.1) is 53.5 Å². The summed E-state index contributed by atoms with van der Waals surface area (Å²) < 4.78 is 46.7. The number of hydrogen-bond acceptors (Lipinski definition) is 12. The average Bonchev–Trinajstić information content (AvgIpc) is 3.99. The highest BCUT2D eigenvalue weighted by Gasteiger charge is 2.30. The van der Waals surface area contributed by atoms with Crippen molar-refractivity contribution in [3.05, 3.63) is 142 Å². The molecule has 2 aromatic heterocycles. The van der Waals surface area contributed by atoms with Crippen LogP contribution in [0.15, 0.2) is 120 Å². The van der Waals surface area contributed by atoms with Crippen LogP contribution in [0.4, 0.5) is 17.1 Å². The van der Waals surface area contributed by atoms with Gasteiger partial charge < -0.3 is 34.3 Å². The number of aromatic nitrogens is 2. The molecule has 3 aliphatic rings. The number of nitrogens with one attached hydrogen (secondary N) is 3. The Morgan fingerprint density at radius 1 is 1.00 bits per heavy atom. The second-order valence-electron chi connectivity index (χ2n) is 15.9. The Labute approximate surface area is 364 Å². The Bertz CT molecular complexity index is 2800. The van der Waals surface area contributed by atoms with Crippen molar-refractivity contribution >= 4 is 49.6 Å². The van der Waals surface area contributed by atoms with Crippen LogP contribution in [0.2, 0.25) is 0 Å². The number of fused-ring (bicyclic) bond motifs is 1. The summed E-state index contributed by atoms with van der Waals surface area (Å²) in [6.07, 6.45) is 8.45. The van der Waals surface area contributed by atoms with Crippen molar-refractivity contribution in [2.45, 2.75) is 36.3 Å². The Kier molecular flexibility index (Phi) is 11.9. The fourth-order valence-corrected chi connectivity index (χ4v) is 9.50. The molecule has 6 aromatic rings. The number of anilines is 2. The Balaban J connectivity index is 0.977. The van der Waals surface area contributed by atoms with E-state index in [2.05, 4.69) is 79.3 Å². The van der Waals surface area contributed by atoms with Gasteiger partial charge in [0.25, 0.3) is 21.6 Å². The molecule has 1 amide bonds. The normalized spacial score (nSPS) is 18.2. The number of nitrogens with zero attached hydrogens (tertiary/aromatic N) is 4. The first-order valence-corrected chi connectivity index (χ1v) is 22.5. The molecular weight excluding hydrogens is 823 g/mol. The van der Waals surface area contributed by atoms with Crippen LogP contribution in [0.1, 0.15) is 46.8 Å². The number of nitro benzene ring substituents is 1. The van der Waals surface area contributed by atoms with E-state index in [1.165, 1.54) is 41.1 Å². The average molecular weight is 870 g/mol. The SMILES string of the molecule is CN1CC=C(c2ccccc2[C@H]2CCCN2c2ccc(-c3ccc(C(=O)NS(=O)(=O)c4ccc(NC[C@@H]5COCCO5)c([N+](=O)[O-])c4)c(Oc4cnc5[nH]ccc5c4)c3)cc2)CC1. The monoisotopic (exact) mass is 869 g/mol. The minimum absolute atomic E-state index is 0.0751. The van der Waals surface area contributed by atoms with Crippen LogP contribution in [-0.4, -0.2) is 93.3 Å². The van der Waals surface area contributed by atoms with E-state index in [1.54, 1.807) is 24.4 Å². The van der Waals surface area contributed by atoms with Gasteiger partial charge in [-0.1, -0.05) is 48.5 Å². The minimum atomic E-state index is -4.60. The van der Waals surface area contributed by atoms with E-state index in [9.17, 15) is 23.3 Å². The molecule has 0 saturated carbocycles. The molecule has 0 unspecified atom stereocenters. The number of aromatic amines is 1. The van der Waals surface area contributed by atoms with Gasteiger partial charge in [0.2, 0.25) is 0 Å². The third kappa shape index (κ3) is 9.15. The Morgan fingerprint density at radius 2 is 1.84 bits per heavy atom. The summed E-state index contributed by atoms with van der Waals surface area (Å²) in [6.45, 7) is 4.33. The number of H-pyrrole nitrogens is 1. The minimum Gasteiger partial charge on any atom is -0.455 e. The number of pyridine rings is 1. The van der Waals surface area contributed by atoms with Gasteiger partial charge in [-0.2, -0.15) is 0 Å². The summed E-state index contributed by atoms with van der Waals surface area (Å²) in [6, 6.07) is 29.2. The molecule has 324 valence electrons. The topological polar surface area (TPSA) is 181 Å². The second kappa shape index (κ2) is 18.0. The number of likely N-dealkylation sites (N-methyl/N-ethyl adjacent to an activating group) is 1. The summed E-state index contributed by atoms with van der Waals surface area (Å²) in [5, 5.41) is 15.8. The van der Waals surface area contributed by atoms with Crippen LogP contribution in [-0.2, 0) is 19.5 Å². The summed E-state index contributed by atoms with van der Waals surface area (Å²) in [7, 11) is -2.44. The Hall–Kier alpha value is -6.59. The number of carbonyl (C=O) groups excluding carboxylic acids is 1. The Morgan fingerprint density at radius 3 is 2.63 bits per heavy atom. The number of benzene rings is 4. The lowest BCUT2D eigenvalue weighted by Crippen LogP contribution is -2.34. The van der Waals surface area contributed by atoms with Crippen molar-refractivity contribution in [2.24, 2.45) is 0 Å².